The topological polar surface area (TPSA) is 128 Å². The van der Waals surface area contributed by atoms with E-state index in [0.717, 1.165) is 42.5 Å². The number of aromatic nitrogens is 4. The predicted molar refractivity (Wildman–Crippen MR) is 135 cm³/mol. The minimum Gasteiger partial charge on any atom is -0.436 e. The highest BCUT2D eigenvalue weighted by Crippen LogP contribution is 2.35. The summed E-state index contributed by atoms with van der Waals surface area (Å²) in [6.07, 6.45) is 3.56. The average molecular weight is 490 g/mol. The number of fused-ring (bicyclic) bond motifs is 2. The molecule has 11 heteroatoms. The number of carbonyl (C=O) groups excluding carboxylic acids is 1. The molecular formula is C25H27N7O4. The number of amides is 1. The van der Waals surface area contributed by atoms with Gasteiger partial charge in [-0.3, -0.25) is 4.79 Å². The SMILES string of the molecule is CNc1ncc(-c2nc3cc(N4CCO[C@H](COC)C4)ccc3o2)c2cc(NC(=O)C3CC3)nnc12. The van der Waals surface area contributed by atoms with Crippen LogP contribution >= 0.6 is 0 Å². The molecule has 0 unspecified atom stereocenters. The summed E-state index contributed by atoms with van der Waals surface area (Å²) in [5.74, 6) is 1.44. The quantitative estimate of drug-likeness (QED) is 0.400. The van der Waals surface area contributed by atoms with Gasteiger partial charge >= 0.3 is 0 Å². The van der Waals surface area contributed by atoms with Gasteiger partial charge in [-0.25, -0.2) is 9.97 Å². The number of rotatable bonds is 7. The van der Waals surface area contributed by atoms with Crippen LogP contribution in [-0.2, 0) is 14.3 Å². The summed E-state index contributed by atoms with van der Waals surface area (Å²) in [5.41, 5.74) is 3.71. The number of hydrogen-bond acceptors (Lipinski definition) is 10. The number of benzene rings is 1. The van der Waals surface area contributed by atoms with Crippen LogP contribution in [0.2, 0.25) is 0 Å². The van der Waals surface area contributed by atoms with Crippen molar-refractivity contribution in [2.75, 3.05) is 56.0 Å². The minimum absolute atomic E-state index is 0.0293. The third-order valence-corrected chi connectivity index (χ3v) is 6.53. The Hall–Kier alpha value is -3.83. The van der Waals surface area contributed by atoms with Crippen LogP contribution in [0.3, 0.4) is 0 Å². The molecule has 2 fully saturated rings. The van der Waals surface area contributed by atoms with Gasteiger partial charge in [-0.2, -0.15) is 0 Å². The van der Waals surface area contributed by atoms with Gasteiger partial charge in [0.05, 0.1) is 24.9 Å². The molecular weight excluding hydrogens is 462 g/mol. The molecule has 0 spiro atoms. The van der Waals surface area contributed by atoms with Crippen molar-refractivity contribution in [2.45, 2.75) is 18.9 Å². The molecule has 186 valence electrons. The Bertz CT molecular complexity index is 1430. The number of oxazole rings is 1. The molecule has 1 aliphatic heterocycles. The van der Waals surface area contributed by atoms with E-state index >= 15 is 0 Å². The molecule has 4 heterocycles. The third kappa shape index (κ3) is 4.31. The molecule has 6 rings (SSSR count). The first-order valence-corrected chi connectivity index (χ1v) is 12.0. The second-order valence-corrected chi connectivity index (χ2v) is 9.09. The Morgan fingerprint density at radius 1 is 1.25 bits per heavy atom. The van der Waals surface area contributed by atoms with Gasteiger partial charge in [0.25, 0.3) is 0 Å². The Labute approximate surface area is 207 Å². The number of morpholine rings is 1. The predicted octanol–water partition coefficient (Wildman–Crippen LogP) is 3.07. The van der Waals surface area contributed by atoms with Gasteiger partial charge in [0.15, 0.2) is 17.2 Å². The number of nitrogens with zero attached hydrogens (tertiary/aromatic N) is 5. The van der Waals surface area contributed by atoms with Crippen molar-refractivity contribution in [1.82, 2.24) is 20.2 Å². The molecule has 36 heavy (non-hydrogen) atoms. The van der Waals surface area contributed by atoms with Gasteiger partial charge in [-0.05, 0) is 37.1 Å². The Morgan fingerprint density at radius 2 is 2.14 bits per heavy atom. The van der Waals surface area contributed by atoms with E-state index in [1.165, 1.54) is 0 Å². The molecule has 1 saturated carbocycles. The number of hydrogen-bond donors (Lipinski definition) is 2. The molecule has 1 amide bonds. The lowest BCUT2D eigenvalue weighted by Crippen LogP contribution is -2.44. The highest BCUT2D eigenvalue weighted by Gasteiger charge is 2.30. The Kier molecular flexibility index (Phi) is 5.86. The maximum atomic E-state index is 12.3. The molecule has 3 aromatic heterocycles. The van der Waals surface area contributed by atoms with E-state index in [-0.39, 0.29) is 17.9 Å². The van der Waals surface area contributed by atoms with E-state index in [1.807, 2.05) is 18.2 Å². The molecule has 11 nitrogen and oxygen atoms in total. The number of ether oxygens (including phenoxy) is 2. The van der Waals surface area contributed by atoms with Crippen LogP contribution in [0.5, 0.6) is 0 Å². The molecule has 1 aliphatic carbocycles. The zero-order chi connectivity index (χ0) is 24.6. The number of methoxy groups -OCH3 is 1. The van der Waals surface area contributed by atoms with Crippen LogP contribution in [0.4, 0.5) is 17.3 Å². The molecule has 1 atom stereocenters. The zero-order valence-corrected chi connectivity index (χ0v) is 20.2. The molecule has 2 aliphatic rings. The van der Waals surface area contributed by atoms with E-state index in [9.17, 15) is 4.79 Å². The van der Waals surface area contributed by atoms with Gasteiger partial charge in [-0.1, -0.05) is 0 Å². The van der Waals surface area contributed by atoms with Gasteiger partial charge in [0.1, 0.15) is 11.0 Å². The second-order valence-electron chi connectivity index (χ2n) is 9.09. The van der Waals surface area contributed by atoms with E-state index < -0.39 is 0 Å². The fourth-order valence-corrected chi connectivity index (χ4v) is 4.49. The van der Waals surface area contributed by atoms with Crippen molar-refractivity contribution in [1.29, 1.82) is 0 Å². The summed E-state index contributed by atoms with van der Waals surface area (Å²) in [6.45, 7) is 2.75. The smallest absolute Gasteiger partial charge is 0.229 e. The van der Waals surface area contributed by atoms with Crippen molar-refractivity contribution in [3.63, 3.8) is 0 Å². The van der Waals surface area contributed by atoms with Gasteiger partial charge in [0.2, 0.25) is 11.8 Å². The highest BCUT2D eigenvalue weighted by atomic mass is 16.5. The maximum absolute atomic E-state index is 12.3. The lowest BCUT2D eigenvalue weighted by Gasteiger charge is -2.34. The second kappa shape index (κ2) is 9.32. The molecule has 4 aromatic rings. The molecule has 0 bridgehead atoms. The monoisotopic (exact) mass is 489 g/mol. The first-order valence-electron chi connectivity index (χ1n) is 12.0. The van der Waals surface area contributed by atoms with E-state index in [1.54, 1.807) is 26.4 Å². The van der Waals surface area contributed by atoms with Crippen LogP contribution in [0.15, 0.2) is 34.9 Å². The first kappa shape index (κ1) is 22.6. The van der Waals surface area contributed by atoms with Crippen molar-refractivity contribution in [2.24, 2.45) is 5.92 Å². The van der Waals surface area contributed by atoms with E-state index in [2.05, 4.69) is 30.7 Å². The van der Waals surface area contributed by atoms with Crippen molar-refractivity contribution in [3.8, 4) is 11.5 Å². The standard InChI is InChI=1S/C25H27N7O4/c1-26-23-22-17(10-21(30-31-22)29-24(33)14-3-4-14)18(11-27-23)25-28-19-9-15(5-6-20(19)36-25)32-7-8-35-16(12-32)13-34-2/h5-6,9-11,14,16H,3-4,7-8,12-13H2,1-2H3,(H,26,27)(H,29,30,33)/t16-/m0/s1. The maximum Gasteiger partial charge on any atom is 0.229 e. The average Bonchev–Trinajstić information content (AvgIpc) is 3.67. The van der Waals surface area contributed by atoms with Crippen LogP contribution in [0, 0.1) is 5.92 Å². The third-order valence-electron chi connectivity index (χ3n) is 6.53. The van der Waals surface area contributed by atoms with Crippen LogP contribution < -0.4 is 15.5 Å². The van der Waals surface area contributed by atoms with Crippen molar-refractivity contribution >= 4 is 45.2 Å². The van der Waals surface area contributed by atoms with E-state index in [0.29, 0.717) is 47.4 Å². The number of anilines is 3. The highest BCUT2D eigenvalue weighted by molar-refractivity contribution is 6.01. The Morgan fingerprint density at radius 3 is 2.94 bits per heavy atom. The Balaban J connectivity index is 1.36. The summed E-state index contributed by atoms with van der Waals surface area (Å²) >= 11 is 0. The fourth-order valence-electron chi connectivity index (χ4n) is 4.49. The van der Waals surface area contributed by atoms with Gasteiger partial charge < -0.3 is 29.4 Å². The lowest BCUT2D eigenvalue weighted by molar-refractivity contribution is -0.117. The summed E-state index contributed by atoms with van der Waals surface area (Å²) in [6, 6.07) is 7.78. The van der Waals surface area contributed by atoms with Crippen molar-refractivity contribution < 1.29 is 18.7 Å². The zero-order valence-electron chi connectivity index (χ0n) is 20.2. The van der Waals surface area contributed by atoms with Crippen LogP contribution in [-0.4, -0.2) is 72.6 Å². The fraction of sp³-hybridized carbons (Fsp3) is 0.400. The first-order chi connectivity index (χ1) is 17.6. The summed E-state index contributed by atoms with van der Waals surface area (Å²) in [5, 5.41) is 15.2. The summed E-state index contributed by atoms with van der Waals surface area (Å²) in [7, 11) is 3.46. The number of nitrogens with one attached hydrogen (secondary N) is 2. The van der Waals surface area contributed by atoms with Crippen LogP contribution in [0.25, 0.3) is 33.5 Å². The van der Waals surface area contributed by atoms with Crippen molar-refractivity contribution in [3.05, 3.63) is 30.5 Å². The van der Waals surface area contributed by atoms with Gasteiger partial charge in [-0.15, -0.1) is 10.2 Å². The normalized spacial score (nSPS) is 18.1. The number of carbonyl (C=O) groups is 1. The largest absolute Gasteiger partial charge is 0.436 e. The summed E-state index contributed by atoms with van der Waals surface area (Å²) < 4.78 is 17.2. The lowest BCUT2D eigenvalue weighted by atomic mass is 10.1. The molecule has 1 saturated heterocycles. The van der Waals surface area contributed by atoms with Gasteiger partial charge in [0, 0.05) is 50.4 Å². The summed E-state index contributed by atoms with van der Waals surface area (Å²) in [4.78, 5) is 23.8. The van der Waals surface area contributed by atoms with E-state index in [4.69, 9.17) is 18.9 Å². The minimum atomic E-state index is -0.0293. The van der Waals surface area contributed by atoms with Crippen LogP contribution in [0.1, 0.15) is 12.8 Å². The number of pyridine rings is 1. The molecule has 1 aromatic carbocycles. The molecule has 2 N–H and O–H groups in total. The molecule has 0 radical (unpaired) electrons.